The largest absolute Gasteiger partial charge is 1.00 e. The summed E-state index contributed by atoms with van der Waals surface area (Å²) in [6.45, 7) is 5.09. The van der Waals surface area contributed by atoms with Crippen LogP contribution >= 0.6 is 27.3 Å². The van der Waals surface area contributed by atoms with Crippen molar-refractivity contribution in [3.63, 3.8) is 0 Å². The number of halogens is 2. The van der Waals surface area contributed by atoms with Crippen LogP contribution < -0.4 is 21.9 Å². The van der Waals surface area contributed by atoms with Crippen LogP contribution in [0, 0.1) is 5.92 Å². The van der Waals surface area contributed by atoms with E-state index >= 15 is 0 Å². The highest BCUT2D eigenvalue weighted by molar-refractivity contribution is 9.11. The van der Waals surface area contributed by atoms with Crippen LogP contribution in [0.3, 0.4) is 0 Å². The molecule has 0 spiro atoms. The van der Waals surface area contributed by atoms with Crippen molar-refractivity contribution in [3.05, 3.63) is 87.0 Å². The number of para-hydroxylation sites is 1. The fraction of sp³-hybridized carbons (Fsp3) is 0.393. The summed E-state index contributed by atoms with van der Waals surface area (Å²) in [5.74, 6) is 0.492. The van der Waals surface area contributed by atoms with E-state index in [4.69, 9.17) is 4.74 Å². The normalized spacial score (nSPS) is 22.9. The number of thiophene rings is 1. The van der Waals surface area contributed by atoms with Crippen LogP contribution in [-0.4, -0.2) is 42.9 Å². The molecule has 0 unspecified atom stereocenters. The zero-order valence-corrected chi connectivity index (χ0v) is 23.8. The maximum atomic E-state index is 13.5. The first-order valence-corrected chi connectivity index (χ1v) is 13.9. The number of benzene rings is 2. The molecule has 7 heteroatoms. The fourth-order valence-electron chi connectivity index (χ4n) is 5.59. The van der Waals surface area contributed by atoms with E-state index in [1.165, 1.54) is 31.6 Å². The molecule has 1 amide bonds. The summed E-state index contributed by atoms with van der Waals surface area (Å²) in [4.78, 5) is 16.4. The van der Waals surface area contributed by atoms with Gasteiger partial charge in [0.2, 0.25) is 0 Å². The number of aryl methyl sites for hydroxylation is 1. The van der Waals surface area contributed by atoms with E-state index in [2.05, 4.69) is 52.3 Å². The van der Waals surface area contributed by atoms with Gasteiger partial charge in [0.25, 0.3) is 0 Å². The molecule has 6 rings (SSSR count). The Morgan fingerprint density at radius 3 is 2.34 bits per heavy atom. The number of hydrogen-bond acceptors (Lipinski definition) is 3. The number of piperidine rings is 3. The van der Waals surface area contributed by atoms with Crippen molar-refractivity contribution < 1.29 is 31.0 Å². The Hall–Kier alpha value is -1.67. The van der Waals surface area contributed by atoms with E-state index in [1.54, 1.807) is 16.2 Å². The third-order valence-corrected chi connectivity index (χ3v) is 9.07. The second kappa shape index (κ2) is 12.0. The van der Waals surface area contributed by atoms with Crippen molar-refractivity contribution in [2.24, 2.45) is 5.92 Å². The zero-order valence-electron chi connectivity index (χ0n) is 19.8. The van der Waals surface area contributed by atoms with Gasteiger partial charge in [-0.25, -0.2) is 4.79 Å². The Kier molecular flexibility index (Phi) is 9.08. The number of anilines is 1. The van der Waals surface area contributed by atoms with Gasteiger partial charge in [0, 0.05) is 35.7 Å². The third kappa shape index (κ3) is 6.56. The molecule has 3 saturated heterocycles. The maximum Gasteiger partial charge on any atom is 0.415 e. The molecule has 4 heterocycles. The summed E-state index contributed by atoms with van der Waals surface area (Å²) in [6.07, 6.45) is 4.40. The first-order chi connectivity index (χ1) is 16.6. The number of fused-ring (bicyclic) bond motifs is 3. The molecule has 1 atom stereocenters. The summed E-state index contributed by atoms with van der Waals surface area (Å²) >= 11 is 5.20. The highest BCUT2D eigenvalue weighted by Crippen LogP contribution is 2.36. The molecular formula is C28H32Br2N2O2S. The van der Waals surface area contributed by atoms with Crippen molar-refractivity contribution in [1.29, 1.82) is 0 Å². The molecule has 0 saturated carbocycles. The molecule has 2 bridgehead atoms. The van der Waals surface area contributed by atoms with Crippen LogP contribution in [0.25, 0.3) is 0 Å². The molecule has 0 aliphatic carbocycles. The number of carbonyl (C=O) groups excluding carboxylic acids is 1. The predicted octanol–water partition coefficient (Wildman–Crippen LogP) is 3.90. The molecule has 0 radical (unpaired) electrons. The lowest BCUT2D eigenvalue weighted by atomic mass is 9.83. The van der Waals surface area contributed by atoms with Gasteiger partial charge in [-0.3, -0.25) is 4.90 Å². The summed E-state index contributed by atoms with van der Waals surface area (Å²) in [5, 5.41) is 0. The second-order valence-corrected chi connectivity index (χ2v) is 12.2. The molecule has 3 fully saturated rings. The van der Waals surface area contributed by atoms with Gasteiger partial charge >= 0.3 is 6.09 Å². The standard InChI is InChI=1S/C28H32BrN2O2S.BrH/c29-27-14-13-25(34-27)20-30(24-11-5-2-6-12-24)28(32)33-26-21-31(18-15-23(26)16-19-31)17-7-10-22-8-3-1-4-9-22;/h1-6,8-9,11-14,23,26H,7,10,15-21H2;1H/q+1;/p-1/t23?,26-,31?;/m0./s1. The summed E-state index contributed by atoms with van der Waals surface area (Å²) < 4.78 is 8.45. The fourth-order valence-corrected chi connectivity index (χ4v) is 7.06. The molecule has 2 aromatic carbocycles. The number of ether oxygens (including phenoxy) is 1. The van der Waals surface area contributed by atoms with E-state index in [0.717, 1.165) is 44.6 Å². The van der Waals surface area contributed by atoms with Crippen LogP contribution in [0.1, 0.15) is 29.7 Å². The molecule has 1 aromatic heterocycles. The highest BCUT2D eigenvalue weighted by Gasteiger charge is 2.47. The number of hydrogen-bond donors (Lipinski definition) is 0. The Bertz CT molecular complexity index is 1080. The van der Waals surface area contributed by atoms with Crippen LogP contribution in [0.4, 0.5) is 10.5 Å². The SMILES string of the molecule is O=C(O[C@H]1C[N+]2(CCCc3ccccc3)CCC1CC2)N(Cc1ccc(Br)s1)c1ccccc1.[Br-]. The van der Waals surface area contributed by atoms with Gasteiger partial charge in [-0.05, 0) is 52.2 Å². The van der Waals surface area contributed by atoms with E-state index in [0.29, 0.717) is 12.5 Å². The van der Waals surface area contributed by atoms with Crippen LogP contribution in [0.2, 0.25) is 0 Å². The average Bonchev–Trinajstić information content (AvgIpc) is 3.29. The van der Waals surface area contributed by atoms with Crippen molar-refractivity contribution in [2.45, 2.75) is 38.3 Å². The van der Waals surface area contributed by atoms with Crippen LogP contribution in [0.15, 0.2) is 76.6 Å². The third-order valence-electron chi connectivity index (χ3n) is 7.47. The zero-order chi connectivity index (χ0) is 23.4. The number of nitrogens with zero attached hydrogens (tertiary/aromatic N) is 2. The summed E-state index contributed by atoms with van der Waals surface area (Å²) in [7, 11) is 0. The van der Waals surface area contributed by atoms with E-state index < -0.39 is 0 Å². The van der Waals surface area contributed by atoms with Gasteiger partial charge in [0.1, 0.15) is 6.54 Å². The maximum absolute atomic E-state index is 13.5. The molecule has 3 aliphatic rings. The quantitative estimate of drug-likeness (QED) is 0.358. The summed E-state index contributed by atoms with van der Waals surface area (Å²) in [5.41, 5.74) is 2.29. The lowest BCUT2D eigenvalue weighted by Gasteiger charge is -2.52. The van der Waals surface area contributed by atoms with Crippen molar-refractivity contribution >= 4 is 39.0 Å². The van der Waals surface area contributed by atoms with Gasteiger partial charge in [0.15, 0.2) is 6.10 Å². The predicted molar refractivity (Wildman–Crippen MR) is 142 cm³/mol. The van der Waals surface area contributed by atoms with E-state index in [9.17, 15) is 4.79 Å². The molecule has 186 valence electrons. The minimum absolute atomic E-state index is 0. The smallest absolute Gasteiger partial charge is 0.415 e. The molecule has 3 aromatic rings. The van der Waals surface area contributed by atoms with Crippen molar-refractivity contribution in [1.82, 2.24) is 0 Å². The van der Waals surface area contributed by atoms with Crippen molar-refractivity contribution in [2.75, 3.05) is 31.1 Å². The molecule has 35 heavy (non-hydrogen) atoms. The lowest BCUT2D eigenvalue weighted by Crippen LogP contribution is -3.00. The Morgan fingerprint density at radius 1 is 1.00 bits per heavy atom. The average molecular weight is 620 g/mol. The first kappa shape index (κ1) is 26.4. The Balaban J connectivity index is 0.00000289. The van der Waals surface area contributed by atoms with Gasteiger partial charge in [-0.1, -0.05) is 48.5 Å². The van der Waals surface area contributed by atoms with Gasteiger partial charge in [0.05, 0.1) is 30.0 Å². The number of quaternary nitrogens is 1. The highest BCUT2D eigenvalue weighted by atomic mass is 79.9. The number of carbonyl (C=O) groups is 1. The van der Waals surface area contributed by atoms with Crippen LogP contribution in [0.5, 0.6) is 0 Å². The Morgan fingerprint density at radius 2 is 1.69 bits per heavy atom. The van der Waals surface area contributed by atoms with E-state index in [1.807, 2.05) is 36.4 Å². The van der Waals surface area contributed by atoms with Crippen molar-refractivity contribution in [3.8, 4) is 0 Å². The molecule has 4 nitrogen and oxygen atoms in total. The van der Waals surface area contributed by atoms with Crippen LogP contribution in [-0.2, 0) is 17.7 Å². The minimum Gasteiger partial charge on any atom is -1.00 e. The van der Waals surface area contributed by atoms with E-state index in [-0.39, 0.29) is 29.2 Å². The van der Waals surface area contributed by atoms with Gasteiger partial charge in [-0.15, -0.1) is 11.3 Å². The number of amides is 1. The lowest BCUT2D eigenvalue weighted by molar-refractivity contribution is -0.946. The number of rotatable bonds is 8. The molecular weight excluding hydrogens is 588 g/mol. The van der Waals surface area contributed by atoms with Gasteiger partial charge in [-0.2, -0.15) is 0 Å². The monoisotopic (exact) mass is 618 g/mol. The minimum atomic E-state index is -0.225. The summed E-state index contributed by atoms with van der Waals surface area (Å²) in [6, 6.07) is 24.8. The Labute approximate surface area is 231 Å². The molecule has 3 aliphatic heterocycles. The second-order valence-electron chi connectivity index (χ2n) is 9.67. The van der Waals surface area contributed by atoms with Gasteiger partial charge < -0.3 is 26.2 Å². The first-order valence-electron chi connectivity index (χ1n) is 12.3. The topological polar surface area (TPSA) is 29.5 Å². The molecule has 0 N–H and O–H groups in total.